The van der Waals surface area contributed by atoms with Gasteiger partial charge in [-0.05, 0) is 29.7 Å². The third kappa shape index (κ3) is 3.27. The van der Waals surface area contributed by atoms with Crippen LogP contribution >= 0.6 is 0 Å². The average Bonchev–Trinajstić information content (AvgIpc) is 3.23. The second kappa shape index (κ2) is 7.16. The summed E-state index contributed by atoms with van der Waals surface area (Å²) in [5, 5.41) is 22.5. The van der Waals surface area contributed by atoms with Crippen LogP contribution in [0.5, 0.6) is 0 Å². The molecule has 3 heterocycles. The molecule has 1 aliphatic heterocycles. The first-order valence-electron chi connectivity index (χ1n) is 8.83. The normalized spacial score (nSPS) is 17.5. The highest BCUT2D eigenvalue weighted by Gasteiger charge is 2.20. The third-order valence-corrected chi connectivity index (χ3v) is 4.84. The molecule has 0 radical (unpaired) electrons. The SMILES string of the molecule is N#Cc1c(NCc2ccccc2CN2CCC(O)C2)nc2ccccn12. The van der Waals surface area contributed by atoms with Gasteiger partial charge in [-0.3, -0.25) is 9.30 Å². The molecule has 1 aliphatic rings. The van der Waals surface area contributed by atoms with E-state index in [4.69, 9.17) is 0 Å². The van der Waals surface area contributed by atoms with Crippen molar-refractivity contribution in [2.75, 3.05) is 18.4 Å². The van der Waals surface area contributed by atoms with Gasteiger partial charge in [0.05, 0.1) is 6.10 Å². The van der Waals surface area contributed by atoms with Crippen LogP contribution in [0.3, 0.4) is 0 Å². The number of nitriles is 1. The van der Waals surface area contributed by atoms with Crippen LogP contribution < -0.4 is 5.32 Å². The minimum Gasteiger partial charge on any atom is -0.392 e. The highest BCUT2D eigenvalue weighted by Crippen LogP contribution is 2.20. The Balaban J connectivity index is 1.53. The van der Waals surface area contributed by atoms with E-state index in [-0.39, 0.29) is 6.10 Å². The Morgan fingerprint density at radius 3 is 2.77 bits per heavy atom. The minimum absolute atomic E-state index is 0.212. The van der Waals surface area contributed by atoms with Crippen molar-refractivity contribution in [3.05, 3.63) is 65.5 Å². The fraction of sp³-hybridized carbons (Fsp3) is 0.300. The van der Waals surface area contributed by atoms with Crippen molar-refractivity contribution in [1.82, 2.24) is 14.3 Å². The molecule has 0 bridgehead atoms. The summed E-state index contributed by atoms with van der Waals surface area (Å²) >= 11 is 0. The van der Waals surface area contributed by atoms with E-state index in [9.17, 15) is 10.4 Å². The number of imidazole rings is 1. The number of aromatic nitrogens is 2. The van der Waals surface area contributed by atoms with Crippen LogP contribution in [0, 0.1) is 11.3 Å². The van der Waals surface area contributed by atoms with Gasteiger partial charge in [-0.2, -0.15) is 5.26 Å². The summed E-state index contributed by atoms with van der Waals surface area (Å²) in [6.07, 6.45) is 2.47. The van der Waals surface area contributed by atoms with Crippen LogP contribution in [-0.2, 0) is 13.1 Å². The van der Waals surface area contributed by atoms with Gasteiger partial charge in [0, 0.05) is 32.4 Å². The Labute approximate surface area is 152 Å². The van der Waals surface area contributed by atoms with Crippen molar-refractivity contribution < 1.29 is 5.11 Å². The van der Waals surface area contributed by atoms with Gasteiger partial charge in [-0.25, -0.2) is 4.98 Å². The van der Waals surface area contributed by atoms with E-state index < -0.39 is 0 Å². The van der Waals surface area contributed by atoms with E-state index in [1.54, 1.807) is 4.40 Å². The lowest BCUT2D eigenvalue weighted by Gasteiger charge is -2.18. The zero-order chi connectivity index (χ0) is 17.9. The molecule has 4 rings (SSSR count). The first kappa shape index (κ1) is 16.6. The summed E-state index contributed by atoms with van der Waals surface area (Å²) < 4.78 is 1.79. The van der Waals surface area contributed by atoms with Crippen molar-refractivity contribution in [2.24, 2.45) is 0 Å². The van der Waals surface area contributed by atoms with Crippen LogP contribution in [-0.4, -0.2) is 38.6 Å². The number of rotatable bonds is 5. The van der Waals surface area contributed by atoms with Gasteiger partial charge in [0.1, 0.15) is 11.7 Å². The van der Waals surface area contributed by atoms with Gasteiger partial charge >= 0.3 is 0 Å². The van der Waals surface area contributed by atoms with Crippen molar-refractivity contribution in [3.8, 4) is 6.07 Å². The molecule has 0 spiro atoms. The van der Waals surface area contributed by atoms with Crippen molar-refractivity contribution in [1.29, 1.82) is 5.26 Å². The number of nitrogens with zero attached hydrogens (tertiary/aromatic N) is 4. The monoisotopic (exact) mass is 347 g/mol. The molecule has 2 N–H and O–H groups in total. The summed E-state index contributed by atoms with van der Waals surface area (Å²) in [7, 11) is 0. The Hall–Kier alpha value is -2.88. The predicted molar refractivity (Wildman–Crippen MR) is 99.6 cm³/mol. The molecular formula is C20H21N5O. The number of hydrogen-bond donors (Lipinski definition) is 2. The summed E-state index contributed by atoms with van der Waals surface area (Å²) in [6, 6.07) is 16.2. The quantitative estimate of drug-likeness (QED) is 0.741. The van der Waals surface area contributed by atoms with Crippen molar-refractivity contribution in [3.63, 3.8) is 0 Å². The van der Waals surface area contributed by atoms with E-state index in [1.165, 1.54) is 11.1 Å². The molecular weight excluding hydrogens is 326 g/mol. The maximum atomic E-state index is 9.73. The maximum Gasteiger partial charge on any atom is 0.168 e. The number of aliphatic hydroxyl groups is 1. The number of pyridine rings is 1. The first-order chi connectivity index (χ1) is 12.7. The number of hydrogen-bond acceptors (Lipinski definition) is 5. The topological polar surface area (TPSA) is 76.6 Å². The number of aliphatic hydroxyl groups excluding tert-OH is 1. The number of anilines is 1. The fourth-order valence-electron chi connectivity index (χ4n) is 3.49. The lowest BCUT2D eigenvalue weighted by Crippen LogP contribution is -2.22. The molecule has 132 valence electrons. The molecule has 6 nitrogen and oxygen atoms in total. The summed E-state index contributed by atoms with van der Waals surface area (Å²) in [6.45, 7) is 3.08. The van der Waals surface area contributed by atoms with Crippen molar-refractivity contribution >= 4 is 11.5 Å². The van der Waals surface area contributed by atoms with Gasteiger partial charge in [-0.1, -0.05) is 30.3 Å². The second-order valence-electron chi connectivity index (χ2n) is 6.65. The Bertz CT molecular complexity index is 958. The predicted octanol–water partition coefficient (Wildman–Crippen LogP) is 2.38. The summed E-state index contributed by atoms with van der Waals surface area (Å²) in [4.78, 5) is 6.80. The lowest BCUT2D eigenvalue weighted by atomic mass is 10.1. The lowest BCUT2D eigenvalue weighted by molar-refractivity contribution is 0.174. The highest BCUT2D eigenvalue weighted by atomic mass is 16.3. The molecule has 6 heteroatoms. The van der Waals surface area contributed by atoms with Crippen LogP contribution in [0.25, 0.3) is 5.65 Å². The van der Waals surface area contributed by atoms with E-state index in [1.807, 2.05) is 36.5 Å². The van der Waals surface area contributed by atoms with Crippen LogP contribution in [0.1, 0.15) is 23.2 Å². The largest absolute Gasteiger partial charge is 0.392 e. The fourth-order valence-corrected chi connectivity index (χ4v) is 3.49. The van der Waals surface area contributed by atoms with Gasteiger partial charge in [-0.15, -0.1) is 0 Å². The zero-order valence-corrected chi connectivity index (χ0v) is 14.5. The molecule has 0 aliphatic carbocycles. The van der Waals surface area contributed by atoms with Crippen molar-refractivity contribution in [2.45, 2.75) is 25.6 Å². The maximum absolute atomic E-state index is 9.73. The van der Waals surface area contributed by atoms with Crippen LogP contribution in [0.15, 0.2) is 48.7 Å². The van der Waals surface area contributed by atoms with E-state index in [2.05, 4.69) is 33.4 Å². The number of benzene rings is 1. The number of nitrogens with one attached hydrogen (secondary N) is 1. The van der Waals surface area contributed by atoms with Crippen LogP contribution in [0.2, 0.25) is 0 Å². The molecule has 0 saturated carbocycles. The summed E-state index contributed by atoms with van der Waals surface area (Å²) in [5.41, 5.74) is 3.68. The molecule has 1 unspecified atom stereocenters. The van der Waals surface area contributed by atoms with E-state index >= 15 is 0 Å². The van der Waals surface area contributed by atoms with Gasteiger partial charge in [0.2, 0.25) is 0 Å². The first-order valence-corrected chi connectivity index (χ1v) is 8.83. The van der Waals surface area contributed by atoms with E-state index in [0.29, 0.717) is 18.1 Å². The number of fused-ring (bicyclic) bond motifs is 1. The Kier molecular flexibility index (Phi) is 4.57. The molecule has 1 fully saturated rings. The van der Waals surface area contributed by atoms with Crippen LogP contribution in [0.4, 0.5) is 5.82 Å². The molecule has 26 heavy (non-hydrogen) atoms. The number of likely N-dealkylation sites (tertiary alicyclic amines) is 1. The zero-order valence-electron chi connectivity index (χ0n) is 14.5. The number of β-amino-alcohol motifs (C(OH)–C–C–N with tert-alkyl or cyclic N) is 1. The molecule has 2 aromatic heterocycles. The smallest absolute Gasteiger partial charge is 0.168 e. The molecule has 1 aromatic carbocycles. The van der Waals surface area contributed by atoms with Gasteiger partial charge < -0.3 is 10.4 Å². The summed E-state index contributed by atoms with van der Waals surface area (Å²) in [5.74, 6) is 0.602. The molecule has 1 saturated heterocycles. The standard InChI is InChI=1S/C20H21N5O/c21-11-18-20(23-19-7-3-4-9-25(18)19)22-12-15-5-1-2-6-16(15)13-24-10-8-17(26)14-24/h1-7,9,17,22,26H,8,10,12-14H2. The highest BCUT2D eigenvalue weighted by molar-refractivity contribution is 5.59. The molecule has 1 atom stereocenters. The van der Waals surface area contributed by atoms with E-state index in [0.717, 1.165) is 31.7 Å². The van der Waals surface area contributed by atoms with Gasteiger partial charge in [0.25, 0.3) is 0 Å². The Morgan fingerprint density at radius 1 is 1.19 bits per heavy atom. The molecule has 0 amide bonds. The minimum atomic E-state index is -0.212. The third-order valence-electron chi connectivity index (χ3n) is 4.84. The van der Waals surface area contributed by atoms with Gasteiger partial charge in [0.15, 0.2) is 11.5 Å². The molecule has 3 aromatic rings. The average molecular weight is 347 g/mol. The second-order valence-corrected chi connectivity index (χ2v) is 6.65. The Morgan fingerprint density at radius 2 is 2.00 bits per heavy atom.